The second-order valence-electron chi connectivity index (χ2n) is 1.82. The Kier molecular flexibility index (Phi) is 1.68. The molecule has 1 aromatic heterocycles. The van der Waals surface area contributed by atoms with E-state index in [1.165, 1.54) is 0 Å². The molecular weight excluding hydrogens is 112 g/mol. The molecule has 1 heterocycles. The van der Waals surface area contributed by atoms with Gasteiger partial charge in [-0.2, -0.15) is 0 Å². The van der Waals surface area contributed by atoms with Crippen LogP contribution in [-0.4, -0.2) is 9.97 Å². The van der Waals surface area contributed by atoms with Crippen LogP contribution in [0.5, 0.6) is 0 Å². The van der Waals surface area contributed by atoms with Crippen LogP contribution >= 0.6 is 0 Å². The van der Waals surface area contributed by atoms with Gasteiger partial charge in [0.2, 0.25) is 0 Å². The number of hydrogen-bond donors (Lipinski definition) is 1. The highest BCUT2D eigenvalue weighted by atomic mass is 14.9. The van der Waals surface area contributed by atoms with Gasteiger partial charge in [0.15, 0.2) is 0 Å². The fourth-order valence-electron chi connectivity index (χ4n) is 0.578. The van der Waals surface area contributed by atoms with Crippen molar-refractivity contribution >= 4 is 5.57 Å². The monoisotopic (exact) mass is 121 g/mol. The van der Waals surface area contributed by atoms with Crippen molar-refractivity contribution < 1.29 is 0 Å². The zero-order valence-corrected chi connectivity index (χ0v) is 5.39. The number of nitrogens with one attached hydrogen (secondary N) is 1. The van der Waals surface area contributed by atoms with Crippen LogP contribution in [0.1, 0.15) is 12.7 Å². The first-order chi connectivity index (χ1) is 4.34. The summed E-state index contributed by atoms with van der Waals surface area (Å²) in [7, 11) is 0. The van der Waals surface area contributed by atoms with E-state index in [-0.39, 0.29) is 0 Å². The van der Waals surface area contributed by atoms with Gasteiger partial charge in [0.05, 0.1) is 0 Å². The zero-order valence-electron chi connectivity index (χ0n) is 5.39. The zero-order chi connectivity index (χ0) is 6.69. The number of aromatic nitrogens is 2. The molecule has 0 spiro atoms. The van der Waals surface area contributed by atoms with Crippen LogP contribution < -0.4 is 0 Å². The van der Waals surface area contributed by atoms with Crippen LogP contribution in [0.2, 0.25) is 0 Å². The van der Waals surface area contributed by atoms with Gasteiger partial charge in [-0.05, 0) is 19.4 Å². The number of H-pyrrole nitrogens is 1. The van der Waals surface area contributed by atoms with E-state index < -0.39 is 0 Å². The van der Waals surface area contributed by atoms with Crippen molar-refractivity contribution in [3.05, 3.63) is 31.2 Å². The lowest BCUT2D eigenvalue weighted by Gasteiger charge is -1.89. The molecule has 0 atom stereocenters. The van der Waals surface area contributed by atoms with E-state index in [9.17, 15) is 0 Å². The number of imidazole rings is 1. The summed E-state index contributed by atoms with van der Waals surface area (Å²) in [5.41, 5.74) is 1.07. The molecule has 0 aliphatic carbocycles. The third-order valence-electron chi connectivity index (χ3n) is 1.18. The Morgan fingerprint density at radius 2 is 2.67 bits per heavy atom. The molecule has 1 aromatic rings. The maximum absolute atomic E-state index is 4.02. The summed E-state index contributed by atoms with van der Waals surface area (Å²) in [5.74, 6) is 0.894. The molecule has 2 nitrogen and oxygen atoms in total. The molecule has 9 heavy (non-hydrogen) atoms. The topological polar surface area (TPSA) is 28.7 Å². The highest BCUT2D eigenvalue weighted by Gasteiger charge is 1.92. The molecule has 0 aliphatic heterocycles. The van der Waals surface area contributed by atoms with Gasteiger partial charge in [-0.25, -0.2) is 4.98 Å². The molecule has 1 rings (SSSR count). The first-order valence-electron chi connectivity index (χ1n) is 2.80. The second kappa shape index (κ2) is 2.49. The first kappa shape index (κ1) is 6.08. The average Bonchev–Trinajstić information content (AvgIpc) is 2.37. The SMILES string of the molecule is [CH2]/C=C(/C)c1ncc[nH]1. The van der Waals surface area contributed by atoms with Crippen molar-refractivity contribution in [1.29, 1.82) is 0 Å². The van der Waals surface area contributed by atoms with Crippen LogP contribution in [0.15, 0.2) is 18.5 Å². The van der Waals surface area contributed by atoms with Crippen molar-refractivity contribution in [2.24, 2.45) is 0 Å². The van der Waals surface area contributed by atoms with Crippen molar-refractivity contribution in [2.45, 2.75) is 6.92 Å². The Hall–Kier alpha value is -1.05. The van der Waals surface area contributed by atoms with E-state index in [4.69, 9.17) is 0 Å². The molecule has 0 aromatic carbocycles. The van der Waals surface area contributed by atoms with Crippen molar-refractivity contribution in [3.8, 4) is 0 Å². The molecule has 1 N–H and O–H groups in total. The first-order valence-corrected chi connectivity index (χ1v) is 2.80. The molecular formula is C7H9N2. The summed E-state index contributed by atoms with van der Waals surface area (Å²) in [5, 5.41) is 0. The molecule has 0 fully saturated rings. The summed E-state index contributed by atoms with van der Waals surface area (Å²) in [6, 6.07) is 0. The number of hydrogen-bond acceptors (Lipinski definition) is 1. The van der Waals surface area contributed by atoms with Gasteiger partial charge in [0.25, 0.3) is 0 Å². The van der Waals surface area contributed by atoms with Crippen molar-refractivity contribution in [2.75, 3.05) is 0 Å². The van der Waals surface area contributed by atoms with Crippen LogP contribution in [-0.2, 0) is 0 Å². The lowest BCUT2D eigenvalue weighted by Crippen LogP contribution is -1.79. The van der Waals surface area contributed by atoms with E-state index in [0.717, 1.165) is 11.4 Å². The van der Waals surface area contributed by atoms with Gasteiger partial charge >= 0.3 is 0 Å². The van der Waals surface area contributed by atoms with E-state index >= 15 is 0 Å². The van der Waals surface area contributed by atoms with E-state index in [2.05, 4.69) is 16.9 Å². The second-order valence-corrected chi connectivity index (χ2v) is 1.82. The predicted molar refractivity (Wildman–Crippen MR) is 37.6 cm³/mol. The van der Waals surface area contributed by atoms with Crippen LogP contribution in [0, 0.1) is 6.92 Å². The van der Waals surface area contributed by atoms with Crippen LogP contribution in [0.3, 0.4) is 0 Å². The highest BCUT2D eigenvalue weighted by molar-refractivity contribution is 5.57. The summed E-state index contributed by atoms with van der Waals surface area (Å²) in [6.07, 6.45) is 5.30. The van der Waals surface area contributed by atoms with E-state index in [1.54, 1.807) is 18.5 Å². The minimum atomic E-state index is 0.894. The normalized spacial score (nSPS) is 12.0. The molecule has 1 radical (unpaired) electrons. The standard InChI is InChI=1S/C7H9N2/c1-3-6(2)7-8-4-5-9-7/h3-5H,1H2,2H3,(H,8,9)/b6-3-. The minimum absolute atomic E-state index is 0.894. The molecule has 47 valence electrons. The smallest absolute Gasteiger partial charge is 0.132 e. The minimum Gasteiger partial charge on any atom is -0.345 e. The molecule has 0 saturated heterocycles. The van der Waals surface area contributed by atoms with Crippen LogP contribution in [0.25, 0.3) is 5.57 Å². The molecule has 2 heteroatoms. The van der Waals surface area contributed by atoms with Gasteiger partial charge in [0.1, 0.15) is 5.82 Å². The third-order valence-corrected chi connectivity index (χ3v) is 1.18. The molecule has 0 bridgehead atoms. The number of nitrogens with zero attached hydrogens (tertiary/aromatic N) is 1. The molecule has 0 unspecified atom stereocenters. The summed E-state index contributed by atoms with van der Waals surface area (Å²) in [4.78, 5) is 6.99. The maximum Gasteiger partial charge on any atom is 0.132 e. The molecule has 0 saturated carbocycles. The fraction of sp³-hybridized carbons (Fsp3) is 0.143. The lowest BCUT2D eigenvalue weighted by molar-refractivity contribution is 1.23. The lowest BCUT2D eigenvalue weighted by atomic mass is 10.3. The average molecular weight is 121 g/mol. The number of allylic oxidation sites excluding steroid dienone is 2. The molecule has 0 amide bonds. The van der Waals surface area contributed by atoms with Gasteiger partial charge in [-0.3, -0.25) is 0 Å². The fourth-order valence-corrected chi connectivity index (χ4v) is 0.578. The van der Waals surface area contributed by atoms with Gasteiger partial charge in [-0.1, -0.05) is 6.08 Å². The number of aromatic amines is 1. The van der Waals surface area contributed by atoms with E-state index in [1.807, 2.05) is 6.92 Å². The van der Waals surface area contributed by atoms with E-state index in [0.29, 0.717) is 0 Å². The van der Waals surface area contributed by atoms with Crippen LogP contribution in [0.4, 0.5) is 0 Å². The Labute approximate surface area is 54.6 Å². The third kappa shape index (κ3) is 1.19. The Morgan fingerprint density at radius 1 is 1.89 bits per heavy atom. The van der Waals surface area contributed by atoms with Gasteiger partial charge in [-0.15, -0.1) is 0 Å². The van der Waals surface area contributed by atoms with Gasteiger partial charge in [0, 0.05) is 12.4 Å². The number of rotatable bonds is 1. The summed E-state index contributed by atoms with van der Waals surface area (Å²) >= 11 is 0. The largest absolute Gasteiger partial charge is 0.345 e. The highest BCUT2D eigenvalue weighted by Crippen LogP contribution is 2.04. The summed E-state index contributed by atoms with van der Waals surface area (Å²) in [6.45, 7) is 5.58. The predicted octanol–water partition coefficient (Wildman–Crippen LogP) is 1.65. The van der Waals surface area contributed by atoms with Crippen molar-refractivity contribution in [3.63, 3.8) is 0 Å². The maximum atomic E-state index is 4.02. The Morgan fingerprint density at radius 3 is 3.11 bits per heavy atom. The van der Waals surface area contributed by atoms with Crippen molar-refractivity contribution in [1.82, 2.24) is 9.97 Å². The quantitative estimate of drug-likeness (QED) is 0.601. The Balaban J connectivity index is 2.90. The Bertz CT molecular complexity index is 197. The molecule has 0 aliphatic rings. The van der Waals surface area contributed by atoms with Gasteiger partial charge < -0.3 is 4.98 Å². The summed E-state index contributed by atoms with van der Waals surface area (Å²) < 4.78 is 0.